The van der Waals surface area contributed by atoms with E-state index in [1.807, 2.05) is 19.0 Å². The first-order chi connectivity index (χ1) is 5.13. The third-order valence-electron chi connectivity index (χ3n) is 1.94. The summed E-state index contributed by atoms with van der Waals surface area (Å²) < 4.78 is 0. The molecule has 1 aliphatic heterocycles. The third kappa shape index (κ3) is 1.53. The molecule has 0 fully saturated rings. The SMILES string of the molecule is CC1=C(N(C)C)N=CNC1C. The van der Waals surface area contributed by atoms with Crippen LogP contribution in [0.25, 0.3) is 0 Å². The lowest BCUT2D eigenvalue weighted by atomic mass is 10.1. The Morgan fingerprint density at radius 1 is 1.55 bits per heavy atom. The third-order valence-corrected chi connectivity index (χ3v) is 1.94. The average molecular weight is 153 g/mol. The largest absolute Gasteiger partial charge is 0.370 e. The Morgan fingerprint density at radius 2 is 2.18 bits per heavy atom. The number of hydrogen-bond donors (Lipinski definition) is 1. The molecule has 1 N–H and O–H groups in total. The zero-order chi connectivity index (χ0) is 8.43. The van der Waals surface area contributed by atoms with E-state index in [1.165, 1.54) is 5.57 Å². The van der Waals surface area contributed by atoms with Crippen LogP contribution >= 0.6 is 0 Å². The summed E-state index contributed by atoms with van der Waals surface area (Å²) >= 11 is 0. The molecule has 0 aromatic carbocycles. The molecule has 0 aliphatic carbocycles. The van der Waals surface area contributed by atoms with Crippen LogP contribution < -0.4 is 5.32 Å². The van der Waals surface area contributed by atoms with E-state index in [2.05, 4.69) is 24.2 Å². The van der Waals surface area contributed by atoms with Crippen molar-refractivity contribution in [2.45, 2.75) is 19.9 Å². The molecule has 1 aliphatic rings. The molecule has 1 unspecified atom stereocenters. The van der Waals surface area contributed by atoms with Crippen molar-refractivity contribution in [3.8, 4) is 0 Å². The van der Waals surface area contributed by atoms with Crippen LogP contribution in [0.3, 0.4) is 0 Å². The van der Waals surface area contributed by atoms with Gasteiger partial charge in [-0.1, -0.05) is 0 Å². The molecule has 0 saturated heterocycles. The molecule has 0 bridgehead atoms. The quantitative estimate of drug-likeness (QED) is 0.603. The zero-order valence-electron chi connectivity index (χ0n) is 7.55. The van der Waals surface area contributed by atoms with E-state index >= 15 is 0 Å². The predicted octanol–water partition coefficient (Wildman–Crippen LogP) is 0.800. The fourth-order valence-corrected chi connectivity index (χ4v) is 1.10. The molecule has 0 amide bonds. The summed E-state index contributed by atoms with van der Waals surface area (Å²) in [7, 11) is 4.02. The van der Waals surface area contributed by atoms with E-state index in [1.54, 1.807) is 6.34 Å². The lowest BCUT2D eigenvalue weighted by Gasteiger charge is -2.24. The molecule has 3 nitrogen and oxygen atoms in total. The van der Waals surface area contributed by atoms with Crippen molar-refractivity contribution in [1.29, 1.82) is 0 Å². The maximum absolute atomic E-state index is 4.23. The first-order valence-corrected chi connectivity index (χ1v) is 3.79. The standard InChI is InChI=1S/C8H15N3/c1-6-7(2)9-5-10-8(6)11(3)4/h5,7H,1-4H3,(H,9,10). The highest BCUT2D eigenvalue weighted by Crippen LogP contribution is 2.14. The predicted molar refractivity (Wildman–Crippen MR) is 47.5 cm³/mol. The van der Waals surface area contributed by atoms with Gasteiger partial charge in [-0.15, -0.1) is 0 Å². The van der Waals surface area contributed by atoms with Gasteiger partial charge >= 0.3 is 0 Å². The highest BCUT2D eigenvalue weighted by molar-refractivity contribution is 5.59. The molecule has 1 rings (SSSR count). The number of aliphatic imine (C=N–C) groups is 1. The number of nitrogens with zero attached hydrogens (tertiary/aromatic N) is 2. The topological polar surface area (TPSA) is 27.6 Å². The van der Waals surface area contributed by atoms with Crippen LogP contribution in [-0.2, 0) is 0 Å². The first-order valence-electron chi connectivity index (χ1n) is 3.79. The first kappa shape index (κ1) is 8.11. The molecular weight excluding hydrogens is 138 g/mol. The number of nitrogens with one attached hydrogen (secondary N) is 1. The molecular formula is C8H15N3. The van der Waals surface area contributed by atoms with Gasteiger partial charge in [-0.05, 0) is 19.4 Å². The van der Waals surface area contributed by atoms with Crippen LogP contribution in [-0.4, -0.2) is 31.4 Å². The fraction of sp³-hybridized carbons (Fsp3) is 0.625. The smallest absolute Gasteiger partial charge is 0.130 e. The average Bonchev–Trinajstić information content (AvgIpc) is 1.94. The fourth-order valence-electron chi connectivity index (χ4n) is 1.10. The van der Waals surface area contributed by atoms with E-state index in [-0.39, 0.29) is 0 Å². The Labute approximate surface area is 67.8 Å². The van der Waals surface area contributed by atoms with Crippen molar-refractivity contribution < 1.29 is 0 Å². The van der Waals surface area contributed by atoms with Crippen molar-refractivity contribution in [2.75, 3.05) is 14.1 Å². The Morgan fingerprint density at radius 3 is 2.64 bits per heavy atom. The lowest BCUT2D eigenvalue weighted by Crippen LogP contribution is -2.32. The van der Waals surface area contributed by atoms with Crippen LogP contribution in [0.4, 0.5) is 0 Å². The summed E-state index contributed by atoms with van der Waals surface area (Å²) in [6.45, 7) is 4.23. The van der Waals surface area contributed by atoms with Gasteiger partial charge in [0.1, 0.15) is 5.82 Å². The molecule has 1 atom stereocenters. The Hall–Kier alpha value is -0.990. The summed E-state index contributed by atoms with van der Waals surface area (Å²) in [4.78, 5) is 6.26. The summed E-state index contributed by atoms with van der Waals surface area (Å²) in [6.07, 6.45) is 1.76. The van der Waals surface area contributed by atoms with Crippen LogP contribution in [0.15, 0.2) is 16.4 Å². The van der Waals surface area contributed by atoms with Crippen LogP contribution in [0.5, 0.6) is 0 Å². The van der Waals surface area contributed by atoms with Gasteiger partial charge in [-0.3, -0.25) is 0 Å². The van der Waals surface area contributed by atoms with Gasteiger partial charge in [0, 0.05) is 20.1 Å². The monoisotopic (exact) mass is 153 g/mol. The Bertz CT molecular complexity index is 203. The van der Waals surface area contributed by atoms with Gasteiger partial charge in [0.25, 0.3) is 0 Å². The Balaban J connectivity index is 2.89. The van der Waals surface area contributed by atoms with Gasteiger partial charge in [0.05, 0.1) is 6.34 Å². The van der Waals surface area contributed by atoms with Crippen LogP contribution in [0, 0.1) is 0 Å². The summed E-state index contributed by atoms with van der Waals surface area (Å²) in [5.41, 5.74) is 1.29. The molecule has 0 aromatic heterocycles. The summed E-state index contributed by atoms with van der Waals surface area (Å²) in [5, 5.41) is 3.14. The molecule has 0 aromatic rings. The van der Waals surface area contributed by atoms with Crippen LogP contribution in [0.1, 0.15) is 13.8 Å². The minimum absolute atomic E-state index is 0.407. The molecule has 0 radical (unpaired) electrons. The van der Waals surface area contributed by atoms with Crippen LogP contribution in [0.2, 0.25) is 0 Å². The van der Waals surface area contributed by atoms with E-state index < -0.39 is 0 Å². The van der Waals surface area contributed by atoms with Crippen molar-refractivity contribution >= 4 is 6.34 Å². The minimum atomic E-state index is 0.407. The van der Waals surface area contributed by atoms with Gasteiger partial charge in [-0.25, -0.2) is 4.99 Å². The molecule has 62 valence electrons. The van der Waals surface area contributed by atoms with Gasteiger partial charge in [0.2, 0.25) is 0 Å². The van der Waals surface area contributed by atoms with Gasteiger partial charge < -0.3 is 10.2 Å². The van der Waals surface area contributed by atoms with E-state index in [0.29, 0.717) is 6.04 Å². The number of hydrogen-bond acceptors (Lipinski definition) is 3. The van der Waals surface area contributed by atoms with Gasteiger partial charge in [0.15, 0.2) is 0 Å². The zero-order valence-corrected chi connectivity index (χ0v) is 7.55. The van der Waals surface area contributed by atoms with E-state index in [0.717, 1.165) is 5.82 Å². The molecule has 11 heavy (non-hydrogen) atoms. The van der Waals surface area contributed by atoms with E-state index in [9.17, 15) is 0 Å². The molecule has 0 spiro atoms. The van der Waals surface area contributed by atoms with Gasteiger partial charge in [-0.2, -0.15) is 0 Å². The van der Waals surface area contributed by atoms with Crippen molar-refractivity contribution in [3.63, 3.8) is 0 Å². The highest BCUT2D eigenvalue weighted by Gasteiger charge is 2.12. The lowest BCUT2D eigenvalue weighted by molar-refractivity contribution is 0.485. The second-order valence-corrected chi connectivity index (χ2v) is 3.05. The molecule has 3 heteroatoms. The second-order valence-electron chi connectivity index (χ2n) is 3.05. The second kappa shape index (κ2) is 2.95. The highest BCUT2D eigenvalue weighted by atomic mass is 15.2. The molecule has 0 saturated carbocycles. The van der Waals surface area contributed by atoms with E-state index in [4.69, 9.17) is 0 Å². The summed E-state index contributed by atoms with van der Waals surface area (Å²) in [6, 6.07) is 0.407. The van der Waals surface area contributed by atoms with Crippen molar-refractivity contribution in [1.82, 2.24) is 10.2 Å². The Kier molecular flexibility index (Phi) is 2.17. The molecule has 1 heterocycles. The minimum Gasteiger partial charge on any atom is -0.370 e. The maximum atomic E-state index is 4.23. The summed E-state index contributed by atoms with van der Waals surface area (Å²) in [5.74, 6) is 1.07. The maximum Gasteiger partial charge on any atom is 0.130 e. The van der Waals surface area contributed by atoms with Crippen molar-refractivity contribution in [2.24, 2.45) is 4.99 Å². The normalized spacial score (nSPS) is 23.5. The van der Waals surface area contributed by atoms with Crippen molar-refractivity contribution in [3.05, 3.63) is 11.4 Å². The number of rotatable bonds is 1.